The van der Waals surface area contributed by atoms with Crippen LogP contribution in [0, 0.1) is 11.8 Å². The first-order valence-corrected chi connectivity index (χ1v) is 6.50. The van der Waals surface area contributed by atoms with Gasteiger partial charge < -0.3 is 4.52 Å². The molecule has 0 spiro atoms. The van der Waals surface area contributed by atoms with Crippen molar-refractivity contribution in [2.24, 2.45) is 11.8 Å². The molecule has 1 heterocycles. The SMILES string of the molecule is BrCc1cc(C2CC3CCC2C3)no1. The van der Waals surface area contributed by atoms with Gasteiger partial charge in [-0.25, -0.2) is 0 Å². The van der Waals surface area contributed by atoms with Crippen molar-refractivity contribution in [1.82, 2.24) is 5.16 Å². The number of halogens is 1. The third-order valence-electron chi connectivity index (χ3n) is 3.83. The van der Waals surface area contributed by atoms with Gasteiger partial charge in [0.15, 0.2) is 0 Å². The highest BCUT2D eigenvalue weighted by Crippen LogP contribution is 2.52. The molecule has 3 rings (SSSR count). The number of hydrogen-bond donors (Lipinski definition) is 0. The molecule has 0 saturated heterocycles. The van der Waals surface area contributed by atoms with Crippen molar-refractivity contribution in [1.29, 1.82) is 0 Å². The zero-order chi connectivity index (χ0) is 9.54. The fourth-order valence-electron chi connectivity index (χ4n) is 3.17. The van der Waals surface area contributed by atoms with E-state index in [-0.39, 0.29) is 0 Å². The van der Waals surface area contributed by atoms with Crippen LogP contribution < -0.4 is 0 Å². The van der Waals surface area contributed by atoms with Crippen LogP contribution in [0.4, 0.5) is 0 Å². The number of fused-ring (bicyclic) bond motifs is 2. The zero-order valence-corrected chi connectivity index (χ0v) is 9.66. The summed E-state index contributed by atoms with van der Waals surface area (Å²) in [7, 11) is 0. The predicted molar refractivity (Wildman–Crippen MR) is 57.3 cm³/mol. The molecule has 2 nitrogen and oxygen atoms in total. The van der Waals surface area contributed by atoms with Crippen molar-refractivity contribution in [2.45, 2.75) is 36.9 Å². The fourth-order valence-corrected chi connectivity index (χ4v) is 3.44. The first kappa shape index (κ1) is 8.96. The maximum Gasteiger partial charge on any atom is 0.147 e. The van der Waals surface area contributed by atoms with E-state index in [0.29, 0.717) is 5.92 Å². The molecule has 2 bridgehead atoms. The lowest BCUT2D eigenvalue weighted by Gasteiger charge is -2.18. The highest BCUT2D eigenvalue weighted by atomic mass is 79.9. The van der Waals surface area contributed by atoms with Crippen LogP contribution in [0.15, 0.2) is 10.6 Å². The average Bonchev–Trinajstić information content (AvgIpc) is 2.93. The molecule has 0 aromatic carbocycles. The highest BCUT2D eigenvalue weighted by Gasteiger charge is 2.41. The minimum Gasteiger partial charge on any atom is -0.360 e. The van der Waals surface area contributed by atoms with Gasteiger partial charge in [0.1, 0.15) is 5.76 Å². The summed E-state index contributed by atoms with van der Waals surface area (Å²) in [5.41, 5.74) is 1.20. The molecular formula is C11H14BrNO. The molecule has 2 aliphatic carbocycles. The quantitative estimate of drug-likeness (QED) is 0.757. The normalized spacial score (nSPS) is 35.4. The largest absolute Gasteiger partial charge is 0.360 e. The lowest BCUT2D eigenvalue weighted by Crippen LogP contribution is -2.08. The monoisotopic (exact) mass is 255 g/mol. The molecule has 0 aliphatic heterocycles. The Balaban J connectivity index is 1.82. The van der Waals surface area contributed by atoms with Crippen LogP contribution in [0.5, 0.6) is 0 Å². The summed E-state index contributed by atoms with van der Waals surface area (Å²) in [4.78, 5) is 0. The van der Waals surface area contributed by atoms with E-state index in [9.17, 15) is 0 Å². The summed E-state index contributed by atoms with van der Waals surface area (Å²) in [6.45, 7) is 0. The van der Waals surface area contributed by atoms with Gasteiger partial charge in [0.2, 0.25) is 0 Å². The van der Waals surface area contributed by atoms with Gasteiger partial charge in [0, 0.05) is 12.0 Å². The molecule has 76 valence electrons. The number of hydrogen-bond acceptors (Lipinski definition) is 2. The average molecular weight is 256 g/mol. The van der Waals surface area contributed by atoms with Gasteiger partial charge in [-0.1, -0.05) is 27.5 Å². The molecule has 2 fully saturated rings. The molecular weight excluding hydrogens is 242 g/mol. The van der Waals surface area contributed by atoms with Crippen LogP contribution in [0.1, 0.15) is 43.1 Å². The Bertz CT molecular complexity index is 336. The molecule has 0 radical (unpaired) electrons. The van der Waals surface area contributed by atoms with Crippen LogP contribution in [0.25, 0.3) is 0 Å². The summed E-state index contributed by atoms with van der Waals surface area (Å²) in [6, 6.07) is 2.13. The summed E-state index contributed by atoms with van der Waals surface area (Å²) in [6.07, 6.45) is 5.64. The van der Waals surface area contributed by atoms with Gasteiger partial charge in [-0.15, -0.1) is 0 Å². The second-order valence-corrected chi connectivity index (χ2v) is 5.19. The van der Waals surface area contributed by atoms with Crippen LogP contribution in [-0.2, 0) is 5.33 Å². The van der Waals surface area contributed by atoms with E-state index in [1.165, 1.54) is 31.4 Å². The van der Waals surface area contributed by atoms with E-state index in [0.717, 1.165) is 22.9 Å². The van der Waals surface area contributed by atoms with Gasteiger partial charge in [0.25, 0.3) is 0 Å². The summed E-state index contributed by atoms with van der Waals surface area (Å²) >= 11 is 3.39. The third kappa shape index (κ3) is 1.33. The van der Waals surface area contributed by atoms with E-state index in [1.807, 2.05) is 0 Å². The van der Waals surface area contributed by atoms with Gasteiger partial charge in [-0.2, -0.15) is 0 Å². The molecule has 1 aromatic heterocycles. The Morgan fingerprint density at radius 1 is 1.43 bits per heavy atom. The molecule has 2 aliphatic rings. The Kier molecular flexibility index (Phi) is 2.15. The first-order valence-electron chi connectivity index (χ1n) is 5.38. The van der Waals surface area contributed by atoms with Crippen molar-refractivity contribution in [3.63, 3.8) is 0 Å². The fraction of sp³-hybridized carbons (Fsp3) is 0.727. The van der Waals surface area contributed by atoms with Crippen molar-refractivity contribution >= 4 is 15.9 Å². The van der Waals surface area contributed by atoms with E-state index >= 15 is 0 Å². The minimum atomic E-state index is 0.699. The molecule has 3 heteroatoms. The zero-order valence-electron chi connectivity index (χ0n) is 8.08. The van der Waals surface area contributed by atoms with Crippen molar-refractivity contribution in [2.75, 3.05) is 0 Å². The Hall–Kier alpha value is -0.310. The van der Waals surface area contributed by atoms with Gasteiger partial charge in [-0.05, 0) is 31.1 Å². The summed E-state index contributed by atoms with van der Waals surface area (Å²) in [5, 5.41) is 4.96. The number of aromatic nitrogens is 1. The molecule has 0 N–H and O–H groups in total. The van der Waals surface area contributed by atoms with Gasteiger partial charge in [-0.3, -0.25) is 0 Å². The van der Waals surface area contributed by atoms with Crippen LogP contribution >= 0.6 is 15.9 Å². The lowest BCUT2D eigenvalue weighted by molar-refractivity contribution is 0.358. The van der Waals surface area contributed by atoms with E-state index < -0.39 is 0 Å². The highest BCUT2D eigenvalue weighted by molar-refractivity contribution is 9.08. The van der Waals surface area contributed by atoms with Crippen molar-refractivity contribution in [3.05, 3.63) is 17.5 Å². The van der Waals surface area contributed by atoms with Crippen molar-refractivity contribution < 1.29 is 4.52 Å². The standard InChI is InChI=1S/C11H14BrNO/c12-6-9-5-11(13-14-9)10-4-7-1-2-8(10)3-7/h5,7-8,10H,1-4,6H2. The molecule has 2 saturated carbocycles. The first-order chi connectivity index (χ1) is 6.86. The molecule has 3 unspecified atom stereocenters. The van der Waals surface area contributed by atoms with E-state index in [4.69, 9.17) is 4.52 Å². The minimum absolute atomic E-state index is 0.699. The van der Waals surface area contributed by atoms with E-state index in [1.54, 1.807) is 0 Å². The third-order valence-corrected chi connectivity index (χ3v) is 4.38. The molecule has 14 heavy (non-hydrogen) atoms. The number of rotatable bonds is 2. The molecule has 0 amide bonds. The lowest BCUT2D eigenvalue weighted by atomic mass is 9.86. The number of nitrogens with zero attached hydrogens (tertiary/aromatic N) is 1. The Morgan fingerprint density at radius 2 is 2.36 bits per heavy atom. The second kappa shape index (κ2) is 3.37. The van der Waals surface area contributed by atoms with Gasteiger partial charge in [0.05, 0.1) is 11.0 Å². The Labute approximate surface area is 92.2 Å². The molecule has 3 atom stereocenters. The topological polar surface area (TPSA) is 26.0 Å². The van der Waals surface area contributed by atoms with Crippen LogP contribution in [0.2, 0.25) is 0 Å². The Morgan fingerprint density at radius 3 is 2.93 bits per heavy atom. The van der Waals surface area contributed by atoms with Crippen molar-refractivity contribution in [3.8, 4) is 0 Å². The van der Waals surface area contributed by atoms with Crippen LogP contribution in [0.3, 0.4) is 0 Å². The predicted octanol–water partition coefficient (Wildman–Crippen LogP) is 3.47. The maximum atomic E-state index is 5.24. The second-order valence-electron chi connectivity index (χ2n) is 4.63. The number of alkyl halides is 1. The summed E-state index contributed by atoms with van der Waals surface area (Å²) < 4.78 is 5.24. The van der Waals surface area contributed by atoms with Gasteiger partial charge >= 0.3 is 0 Å². The van der Waals surface area contributed by atoms with E-state index in [2.05, 4.69) is 27.2 Å². The summed E-state index contributed by atoms with van der Waals surface area (Å²) in [5.74, 6) is 3.54. The molecule has 1 aromatic rings. The van der Waals surface area contributed by atoms with Crippen LogP contribution in [-0.4, -0.2) is 5.16 Å². The smallest absolute Gasteiger partial charge is 0.147 e. The maximum absolute atomic E-state index is 5.24.